The fourth-order valence-electron chi connectivity index (χ4n) is 3.50. The highest BCUT2D eigenvalue weighted by Gasteiger charge is 2.29. The van der Waals surface area contributed by atoms with Gasteiger partial charge < -0.3 is 4.90 Å². The number of rotatable bonds is 1. The van der Waals surface area contributed by atoms with Gasteiger partial charge in [-0.3, -0.25) is 9.48 Å². The van der Waals surface area contributed by atoms with Crippen molar-refractivity contribution in [3.63, 3.8) is 0 Å². The van der Waals surface area contributed by atoms with E-state index in [0.29, 0.717) is 6.54 Å². The Morgan fingerprint density at radius 3 is 2.90 bits per heavy atom. The average molecular weight is 281 g/mol. The van der Waals surface area contributed by atoms with Crippen LogP contribution < -0.4 is 0 Å². The summed E-state index contributed by atoms with van der Waals surface area (Å²) in [6.07, 6.45) is 3.43. The number of fused-ring (bicyclic) bond motifs is 3. The van der Waals surface area contributed by atoms with Crippen LogP contribution in [0, 0.1) is 6.92 Å². The largest absolute Gasteiger partial charge is 0.331 e. The van der Waals surface area contributed by atoms with Crippen LogP contribution in [0.25, 0.3) is 0 Å². The van der Waals surface area contributed by atoms with Crippen LogP contribution in [0.1, 0.15) is 39.3 Å². The molecule has 1 aromatic heterocycles. The van der Waals surface area contributed by atoms with E-state index in [-0.39, 0.29) is 5.91 Å². The van der Waals surface area contributed by atoms with Gasteiger partial charge in [0.1, 0.15) is 0 Å². The first-order chi connectivity index (χ1) is 10.2. The van der Waals surface area contributed by atoms with E-state index < -0.39 is 0 Å². The van der Waals surface area contributed by atoms with Crippen LogP contribution in [-0.4, -0.2) is 27.1 Å². The molecule has 0 saturated heterocycles. The molecule has 0 atom stereocenters. The van der Waals surface area contributed by atoms with Gasteiger partial charge in [-0.15, -0.1) is 0 Å². The number of hydrogen-bond acceptors (Lipinski definition) is 2. The van der Waals surface area contributed by atoms with Gasteiger partial charge in [-0.25, -0.2) is 0 Å². The molecule has 2 aliphatic rings. The standard InChI is InChI=1S/C17H19N3O/c1-12-5-2-3-6-13(12)17(21)19-9-10-20-16(11-19)14-7-4-8-15(14)18-20/h2-3,5-6H,4,7-11H2,1H3. The van der Waals surface area contributed by atoms with Gasteiger partial charge in [-0.1, -0.05) is 18.2 Å². The van der Waals surface area contributed by atoms with E-state index in [1.54, 1.807) is 0 Å². The minimum Gasteiger partial charge on any atom is -0.331 e. The second kappa shape index (κ2) is 4.72. The molecule has 1 aliphatic carbocycles. The highest BCUT2D eigenvalue weighted by Crippen LogP contribution is 2.28. The van der Waals surface area contributed by atoms with E-state index in [4.69, 9.17) is 5.10 Å². The number of benzene rings is 1. The Balaban J connectivity index is 1.64. The maximum Gasteiger partial charge on any atom is 0.254 e. The molecule has 4 rings (SSSR count). The SMILES string of the molecule is Cc1ccccc1C(=O)N1CCn2nc3c(c2C1)CCC3. The molecule has 0 bridgehead atoms. The lowest BCUT2D eigenvalue weighted by Gasteiger charge is -2.29. The molecule has 4 nitrogen and oxygen atoms in total. The molecule has 21 heavy (non-hydrogen) atoms. The molecule has 1 amide bonds. The van der Waals surface area contributed by atoms with Crippen LogP contribution >= 0.6 is 0 Å². The van der Waals surface area contributed by atoms with Crippen molar-refractivity contribution in [1.29, 1.82) is 0 Å². The number of aromatic nitrogens is 2. The van der Waals surface area contributed by atoms with E-state index in [0.717, 1.165) is 37.1 Å². The molecule has 1 aliphatic heterocycles. The Bertz CT molecular complexity index is 717. The number of carbonyl (C=O) groups excluding carboxylic acids is 1. The van der Waals surface area contributed by atoms with Gasteiger partial charge in [0.25, 0.3) is 5.91 Å². The average Bonchev–Trinajstić information content (AvgIpc) is 3.07. The van der Waals surface area contributed by atoms with Crippen LogP contribution in [0.15, 0.2) is 24.3 Å². The number of hydrogen-bond donors (Lipinski definition) is 0. The van der Waals surface area contributed by atoms with Gasteiger partial charge in [0.05, 0.1) is 24.5 Å². The van der Waals surface area contributed by atoms with Crippen LogP contribution in [0.2, 0.25) is 0 Å². The molecular formula is C17H19N3O. The Morgan fingerprint density at radius 1 is 1.19 bits per heavy atom. The van der Waals surface area contributed by atoms with Crippen LogP contribution in [-0.2, 0) is 25.9 Å². The molecular weight excluding hydrogens is 262 g/mol. The lowest BCUT2D eigenvalue weighted by atomic mass is 10.1. The van der Waals surface area contributed by atoms with E-state index >= 15 is 0 Å². The van der Waals surface area contributed by atoms with Crippen LogP contribution in [0.4, 0.5) is 0 Å². The molecule has 0 spiro atoms. The normalized spacial score (nSPS) is 16.7. The number of nitrogens with zero attached hydrogens (tertiary/aromatic N) is 3. The van der Waals surface area contributed by atoms with Crippen molar-refractivity contribution in [2.24, 2.45) is 0 Å². The third kappa shape index (κ3) is 1.97. The Hall–Kier alpha value is -2.10. The Kier molecular flexibility index (Phi) is 2.84. The summed E-state index contributed by atoms with van der Waals surface area (Å²) in [5, 5.41) is 4.69. The zero-order valence-electron chi connectivity index (χ0n) is 12.3. The first kappa shape index (κ1) is 12.6. The topological polar surface area (TPSA) is 38.1 Å². The maximum atomic E-state index is 12.7. The van der Waals surface area contributed by atoms with Crippen LogP contribution in [0.3, 0.4) is 0 Å². The van der Waals surface area contributed by atoms with E-state index in [1.165, 1.54) is 23.4 Å². The van der Waals surface area contributed by atoms with E-state index in [9.17, 15) is 4.79 Å². The monoisotopic (exact) mass is 281 g/mol. The molecule has 108 valence electrons. The molecule has 1 aromatic carbocycles. The molecule has 0 N–H and O–H groups in total. The molecule has 4 heteroatoms. The number of amides is 1. The molecule has 0 fully saturated rings. The number of aryl methyl sites for hydroxylation is 2. The third-order valence-electron chi connectivity index (χ3n) is 4.68. The summed E-state index contributed by atoms with van der Waals surface area (Å²) in [4.78, 5) is 14.7. The highest BCUT2D eigenvalue weighted by atomic mass is 16.2. The zero-order chi connectivity index (χ0) is 14.4. The Morgan fingerprint density at radius 2 is 2.05 bits per heavy atom. The summed E-state index contributed by atoms with van der Waals surface area (Å²) < 4.78 is 2.12. The smallest absolute Gasteiger partial charge is 0.254 e. The van der Waals surface area contributed by atoms with Gasteiger partial charge in [0.15, 0.2) is 0 Å². The van der Waals surface area contributed by atoms with Crippen molar-refractivity contribution in [3.05, 3.63) is 52.3 Å². The fourth-order valence-corrected chi connectivity index (χ4v) is 3.50. The second-order valence-corrected chi connectivity index (χ2v) is 5.99. The summed E-state index contributed by atoms with van der Waals surface area (Å²) in [6.45, 7) is 4.27. The summed E-state index contributed by atoms with van der Waals surface area (Å²) in [5.74, 6) is 0.146. The van der Waals surface area contributed by atoms with Gasteiger partial charge in [0, 0.05) is 12.1 Å². The minimum absolute atomic E-state index is 0.146. The van der Waals surface area contributed by atoms with Crippen LogP contribution in [0.5, 0.6) is 0 Å². The number of carbonyl (C=O) groups is 1. The van der Waals surface area contributed by atoms with Crippen molar-refractivity contribution >= 4 is 5.91 Å². The van der Waals surface area contributed by atoms with Gasteiger partial charge >= 0.3 is 0 Å². The van der Waals surface area contributed by atoms with Crippen molar-refractivity contribution in [3.8, 4) is 0 Å². The van der Waals surface area contributed by atoms with Crippen molar-refractivity contribution in [2.45, 2.75) is 39.3 Å². The molecule has 2 heterocycles. The fraction of sp³-hybridized carbons (Fsp3) is 0.412. The summed E-state index contributed by atoms with van der Waals surface area (Å²) in [6, 6.07) is 7.84. The summed E-state index contributed by atoms with van der Waals surface area (Å²) in [7, 11) is 0. The van der Waals surface area contributed by atoms with Crippen molar-refractivity contribution in [1.82, 2.24) is 14.7 Å². The van der Waals surface area contributed by atoms with Gasteiger partial charge in [-0.05, 0) is 43.4 Å². The first-order valence-electron chi connectivity index (χ1n) is 7.66. The Labute approximate surface area is 124 Å². The predicted octanol–water partition coefficient (Wildman–Crippen LogP) is 2.34. The van der Waals surface area contributed by atoms with E-state index in [1.807, 2.05) is 36.1 Å². The molecule has 0 unspecified atom stereocenters. The molecule has 2 aromatic rings. The maximum absolute atomic E-state index is 12.7. The lowest BCUT2D eigenvalue weighted by Crippen LogP contribution is -2.39. The third-order valence-corrected chi connectivity index (χ3v) is 4.68. The van der Waals surface area contributed by atoms with Gasteiger partial charge in [-0.2, -0.15) is 5.10 Å². The second-order valence-electron chi connectivity index (χ2n) is 5.99. The lowest BCUT2D eigenvalue weighted by molar-refractivity contribution is 0.0704. The van der Waals surface area contributed by atoms with Crippen molar-refractivity contribution < 1.29 is 4.79 Å². The highest BCUT2D eigenvalue weighted by molar-refractivity contribution is 5.95. The first-order valence-corrected chi connectivity index (χ1v) is 7.66. The van der Waals surface area contributed by atoms with Gasteiger partial charge in [0.2, 0.25) is 0 Å². The summed E-state index contributed by atoms with van der Waals surface area (Å²) >= 11 is 0. The molecule has 0 radical (unpaired) electrons. The van der Waals surface area contributed by atoms with Crippen molar-refractivity contribution in [2.75, 3.05) is 6.54 Å². The zero-order valence-corrected chi connectivity index (χ0v) is 12.3. The molecule has 0 saturated carbocycles. The predicted molar refractivity (Wildman–Crippen MR) is 80.2 cm³/mol. The summed E-state index contributed by atoms with van der Waals surface area (Å²) in [5.41, 5.74) is 5.79. The quantitative estimate of drug-likeness (QED) is 0.804. The van der Waals surface area contributed by atoms with E-state index in [2.05, 4.69) is 4.68 Å². The minimum atomic E-state index is 0.146.